The number of rotatable bonds is 1. The second-order valence-electron chi connectivity index (χ2n) is 1.88. The van der Waals surface area contributed by atoms with Crippen molar-refractivity contribution in [2.75, 3.05) is 6.61 Å². The molecule has 0 saturated carbocycles. The molecule has 0 radical (unpaired) electrons. The molecule has 2 heteroatoms. The zero-order valence-electron chi connectivity index (χ0n) is 4.96. The first-order valence-corrected chi connectivity index (χ1v) is 2.72. The molecule has 1 rings (SSSR count). The largest absolute Gasteiger partial charge is 0.346 e. The Bertz CT molecular complexity index is 90.5. The molecule has 0 aromatic carbocycles. The van der Waals surface area contributed by atoms with Gasteiger partial charge < -0.3 is 9.47 Å². The van der Waals surface area contributed by atoms with Gasteiger partial charge in [0.2, 0.25) is 0 Å². The smallest absolute Gasteiger partial charge is 0.177 e. The van der Waals surface area contributed by atoms with Crippen molar-refractivity contribution in [1.82, 2.24) is 0 Å². The monoisotopic (exact) mass is 114 g/mol. The fourth-order valence-corrected chi connectivity index (χ4v) is 0.661. The summed E-state index contributed by atoms with van der Waals surface area (Å²) in [5.74, 6) is 0. The first-order valence-electron chi connectivity index (χ1n) is 2.72. The normalized spacial score (nSPS) is 37.6. The fourth-order valence-electron chi connectivity index (χ4n) is 0.661. The van der Waals surface area contributed by atoms with Crippen LogP contribution in [0.1, 0.15) is 6.92 Å². The van der Waals surface area contributed by atoms with E-state index in [4.69, 9.17) is 9.47 Å². The van der Waals surface area contributed by atoms with E-state index in [-0.39, 0.29) is 12.4 Å². The molecule has 0 aromatic rings. The first-order chi connectivity index (χ1) is 3.83. The van der Waals surface area contributed by atoms with Crippen molar-refractivity contribution in [3.8, 4) is 0 Å². The Morgan fingerprint density at radius 2 is 2.50 bits per heavy atom. The van der Waals surface area contributed by atoms with Crippen molar-refractivity contribution < 1.29 is 9.47 Å². The fraction of sp³-hybridized carbons (Fsp3) is 0.667. The standard InChI is InChI=1S/C6H10O2/c1-3-6-7-4-5(2)8-6/h3,5-6H,1,4H2,2H3/t5-,6?/m0/s1. The van der Waals surface area contributed by atoms with E-state index in [1.54, 1.807) is 6.08 Å². The summed E-state index contributed by atoms with van der Waals surface area (Å²) >= 11 is 0. The summed E-state index contributed by atoms with van der Waals surface area (Å²) in [6, 6.07) is 0. The van der Waals surface area contributed by atoms with Crippen molar-refractivity contribution in [3.63, 3.8) is 0 Å². The summed E-state index contributed by atoms with van der Waals surface area (Å²) in [5.41, 5.74) is 0. The molecule has 0 aliphatic carbocycles. The van der Waals surface area contributed by atoms with Crippen LogP contribution in [0.3, 0.4) is 0 Å². The topological polar surface area (TPSA) is 18.5 Å². The minimum atomic E-state index is -0.162. The van der Waals surface area contributed by atoms with Crippen molar-refractivity contribution in [2.45, 2.75) is 19.3 Å². The lowest BCUT2D eigenvalue weighted by Gasteiger charge is -2.00. The summed E-state index contributed by atoms with van der Waals surface area (Å²) in [6.07, 6.45) is 1.73. The molecule has 1 fully saturated rings. The second-order valence-corrected chi connectivity index (χ2v) is 1.88. The third kappa shape index (κ3) is 1.08. The summed E-state index contributed by atoms with van der Waals surface area (Å²) in [4.78, 5) is 0. The lowest BCUT2D eigenvalue weighted by Crippen LogP contribution is -2.04. The maximum atomic E-state index is 5.17. The van der Waals surface area contributed by atoms with E-state index < -0.39 is 0 Å². The molecule has 0 amide bonds. The van der Waals surface area contributed by atoms with Crippen molar-refractivity contribution in [1.29, 1.82) is 0 Å². The van der Waals surface area contributed by atoms with E-state index in [1.807, 2.05) is 6.92 Å². The van der Waals surface area contributed by atoms with Crippen LogP contribution in [0.15, 0.2) is 12.7 Å². The average molecular weight is 114 g/mol. The van der Waals surface area contributed by atoms with Gasteiger partial charge in [0.15, 0.2) is 6.29 Å². The summed E-state index contributed by atoms with van der Waals surface area (Å²) in [7, 11) is 0. The second kappa shape index (κ2) is 2.29. The molecule has 0 spiro atoms. The molecule has 46 valence electrons. The highest BCUT2D eigenvalue weighted by molar-refractivity contribution is 4.76. The third-order valence-electron chi connectivity index (χ3n) is 1.05. The quantitative estimate of drug-likeness (QED) is 0.472. The Kier molecular flexibility index (Phi) is 1.65. The number of ether oxygens (including phenoxy) is 2. The minimum absolute atomic E-state index is 0.162. The van der Waals surface area contributed by atoms with E-state index >= 15 is 0 Å². The Morgan fingerprint density at radius 1 is 1.75 bits per heavy atom. The molecule has 0 bridgehead atoms. The molecule has 8 heavy (non-hydrogen) atoms. The van der Waals surface area contributed by atoms with Gasteiger partial charge in [0, 0.05) is 0 Å². The molecular weight excluding hydrogens is 104 g/mol. The molecular formula is C6H10O2. The van der Waals surface area contributed by atoms with Crippen LogP contribution in [0, 0.1) is 0 Å². The van der Waals surface area contributed by atoms with Crippen LogP contribution >= 0.6 is 0 Å². The van der Waals surface area contributed by atoms with E-state index in [2.05, 4.69) is 6.58 Å². The molecule has 0 N–H and O–H groups in total. The molecule has 2 nitrogen and oxygen atoms in total. The van der Waals surface area contributed by atoms with Crippen molar-refractivity contribution in [2.24, 2.45) is 0 Å². The molecule has 1 aliphatic rings. The molecule has 1 saturated heterocycles. The average Bonchev–Trinajstić information content (AvgIpc) is 2.14. The van der Waals surface area contributed by atoms with Gasteiger partial charge in [-0.3, -0.25) is 0 Å². The van der Waals surface area contributed by atoms with Gasteiger partial charge in [0.25, 0.3) is 0 Å². The van der Waals surface area contributed by atoms with Crippen LogP contribution in [0.25, 0.3) is 0 Å². The van der Waals surface area contributed by atoms with E-state index in [0.717, 1.165) is 0 Å². The number of hydrogen-bond acceptors (Lipinski definition) is 2. The van der Waals surface area contributed by atoms with Crippen LogP contribution in [-0.4, -0.2) is 19.0 Å². The van der Waals surface area contributed by atoms with E-state index in [1.165, 1.54) is 0 Å². The van der Waals surface area contributed by atoms with Gasteiger partial charge in [-0.15, -0.1) is 0 Å². The lowest BCUT2D eigenvalue weighted by molar-refractivity contribution is -0.0158. The SMILES string of the molecule is C=CC1OC[C@H](C)O1. The van der Waals surface area contributed by atoms with Crippen molar-refractivity contribution >= 4 is 0 Å². The highest BCUT2D eigenvalue weighted by Gasteiger charge is 2.18. The van der Waals surface area contributed by atoms with E-state index in [0.29, 0.717) is 6.61 Å². The van der Waals surface area contributed by atoms with Crippen LogP contribution in [0.5, 0.6) is 0 Å². The number of hydrogen-bond donors (Lipinski definition) is 0. The van der Waals surface area contributed by atoms with Crippen LogP contribution < -0.4 is 0 Å². The maximum absolute atomic E-state index is 5.17. The van der Waals surface area contributed by atoms with Gasteiger partial charge in [-0.1, -0.05) is 6.58 Å². The van der Waals surface area contributed by atoms with Gasteiger partial charge in [-0.05, 0) is 13.0 Å². The molecule has 1 aliphatic heterocycles. The third-order valence-corrected chi connectivity index (χ3v) is 1.05. The highest BCUT2D eigenvalue weighted by atomic mass is 16.7. The predicted octanol–water partition coefficient (Wildman–Crippen LogP) is 0.934. The van der Waals surface area contributed by atoms with Crippen LogP contribution in [0.4, 0.5) is 0 Å². The maximum Gasteiger partial charge on any atom is 0.177 e. The Labute approximate surface area is 49.1 Å². The Hall–Kier alpha value is -0.340. The lowest BCUT2D eigenvalue weighted by atomic mass is 10.5. The minimum Gasteiger partial charge on any atom is -0.346 e. The summed E-state index contributed by atoms with van der Waals surface area (Å²) in [5, 5.41) is 0. The summed E-state index contributed by atoms with van der Waals surface area (Å²) in [6.45, 7) is 6.19. The van der Waals surface area contributed by atoms with Crippen LogP contribution in [-0.2, 0) is 9.47 Å². The van der Waals surface area contributed by atoms with E-state index in [9.17, 15) is 0 Å². The Balaban J connectivity index is 2.32. The summed E-state index contributed by atoms with van der Waals surface area (Å²) < 4.78 is 10.2. The van der Waals surface area contributed by atoms with Gasteiger partial charge in [-0.25, -0.2) is 0 Å². The van der Waals surface area contributed by atoms with Gasteiger partial charge in [0.1, 0.15) is 0 Å². The zero-order valence-corrected chi connectivity index (χ0v) is 4.96. The molecule has 1 heterocycles. The molecule has 0 aromatic heterocycles. The van der Waals surface area contributed by atoms with Gasteiger partial charge in [0.05, 0.1) is 12.7 Å². The van der Waals surface area contributed by atoms with Gasteiger partial charge in [-0.2, -0.15) is 0 Å². The first kappa shape index (κ1) is 5.79. The van der Waals surface area contributed by atoms with Gasteiger partial charge >= 0.3 is 0 Å². The molecule has 1 unspecified atom stereocenters. The predicted molar refractivity (Wildman–Crippen MR) is 30.5 cm³/mol. The van der Waals surface area contributed by atoms with Crippen LogP contribution in [0.2, 0.25) is 0 Å². The zero-order chi connectivity index (χ0) is 5.98. The Morgan fingerprint density at radius 3 is 2.75 bits per heavy atom. The highest BCUT2D eigenvalue weighted by Crippen LogP contribution is 2.10. The molecule has 2 atom stereocenters. The van der Waals surface area contributed by atoms with Crippen molar-refractivity contribution in [3.05, 3.63) is 12.7 Å².